The second-order valence-electron chi connectivity index (χ2n) is 3.42. The highest BCUT2D eigenvalue weighted by atomic mass is 19.4. The van der Waals surface area contributed by atoms with Crippen molar-refractivity contribution in [2.75, 3.05) is 0 Å². The fourth-order valence-electron chi connectivity index (χ4n) is 1.28. The van der Waals surface area contributed by atoms with Crippen molar-refractivity contribution in [3.8, 4) is 0 Å². The zero-order valence-electron chi connectivity index (χ0n) is 7.23. The minimum Gasteiger partial charge on any atom is -0.329 e. The minimum absolute atomic E-state index is 0.138. The Morgan fingerprint density at radius 2 is 1.23 bits per heavy atom. The molecule has 78 valence electrons. The van der Waals surface area contributed by atoms with Crippen LogP contribution in [0.4, 0.5) is 17.9 Å². The average Bonchev–Trinajstić information content (AvgIpc) is 2.30. The van der Waals surface area contributed by atoms with Gasteiger partial charge in [0.05, 0.1) is 10.7 Å². The second kappa shape index (κ2) is 3.07. The van der Waals surface area contributed by atoms with Crippen molar-refractivity contribution in [2.45, 2.75) is 38.1 Å². The first-order valence-corrected chi connectivity index (χ1v) is 3.74. The molecule has 0 N–H and O–H groups in total. The van der Waals surface area contributed by atoms with Gasteiger partial charge in [0, 0.05) is 0 Å². The lowest BCUT2D eigenvalue weighted by atomic mass is 10.1. The van der Waals surface area contributed by atoms with Crippen molar-refractivity contribution >= 4 is 0 Å². The summed E-state index contributed by atoms with van der Waals surface area (Å²) in [5.41, 5.74) is -3.82. The molecule has 2 atom stereocenters. The van der Waals surface area contributed by atoms with Crippen LogP contribution in [0.1, 0.15) is 26.7 Å². The van der Waals surface area contributed by atoms with E-state index in [-0.39, 0.29) is 12.8 Å². The van der Waals surface area contributed by atoms with E-state index >= 15 is 0 Å². The Balaban J connectivity index is 2.73. The monoisotopic (exact) mass is 202 g/mol. The number of rotatable bonds is 2. The topological polar surface area (TPSA) is 15.7 Å². The van der Waals surface area contributed by atoms with Crippen LogP contribution < -0.4 is 0 Å². The molecule has 0 aromatic carbocycles. The first kappa shape index (κ1) is 10.7. The third-order valence-corrected chi connectivity index (χ3v) is 2.21. The minimum atomic E-state index is -1.91. The van der Waals surface area contributed by atoms with Gasteiger partial charge in [-0.15, -0.1) is 0 Å². The lowest BCUT2D eigenvalue weighted by Gasteiger charge is -2.29. The molecule has 3 nitrogen and oxygen atoms in total. The van der Waals surface area contributed by atoms with Gasteiger partial charge in [0.2, 0.25) is 0 Å². The predicted molar refractivity (Wildman–Crippen MR) is 35.2 cm³/mol. The van der Waals surface area contributed by atoms with E-state index in [1.807, 2.05) is 0 Å². The molecular formula is C6H10F4N2O. The molecule has 1 fully saturated rings. The van der Waals surface area contributed by atoms with Gasteiger partial charge in [0.15, 0.2) is 11.4 Å². The molecule has 1 heterocycles. The first-order valence-electron chi connectivity index (χ1n) is 3.74. The number of halogens is 4. The molecule has 13 heavy (non-hydrogen) atoms. The molecule has 1 rings (SSSR count). The SMILES string of the molecule is CC1(N(F)F)CCC(C)(N(F)F)O1. The lowest BCUT2D eigenvalue weighted by Crippen LogP contribution is -2.43. The highest BCUT2D eigenvalue weighted by Gasteiger charge is 2.53. The van der Waals surface area contributed by atoms with Gasteiger partial charge < -0.3 is 4.74 Å². The Labute approximate surface area is 72.6 Å². The molecule has 2 unspecified atom stereocenters. The molecule has 0 bridgehead atoms. The van der Waals surface area contributed by atoms with E-state index in [1.54, 1.807) is 0 Å². The molecule has 0 amide bonds. The van der Waals surface area contributed by atoms with Crippen molar-refractivity contribution in [1.82, 2.24) is 10.7 Å². The molecule has 0 aromatic rings. The zero-order chi connectivity index (χ0) is 10.3. The lowest BCUT2D eigenvalue weighted by molar-refractivity contribution is -0.379. The van der Waals surface area contributed by atoms with Crippen molar-refractivity contribution in [2.24, 2.45) is 0 Å². The summed E-state index contributed by atoms with van der Waals surface area (Å²) < 4.78 is 53.3. The molecule has 1 aliphatic heterocycles. The largest absolute Gasteiger partial charge is 0.329 e. The Hall–Kier alpha value is -0.400. The maximum Gasteiger partial charge on any atom is 0.180 e. The predicted octanol–water partition coefficient (Wildman–Crippen LogP) is 2.37. The second-order valence-corrected chi connectivity index (χ2v) is 3.42. The number of hydrogen-bond donors (Lipinski definition) is 0. The van der Waals surface area contributed by atoms with Crippen LogP contribution in [-0.4, -0.2) is 22.1 Å². The molecule has 0 aromatic heterocycles. The molecule has 1 aliphatic rings. The quantitative estimate of drug-likeness (QED) is 0.505. The van der Waals surface area contributed by atoms with Gasteiger partial charge >= 0.3 is 0 Å². The van der Waals surface area contributed by atoms with Crippen molar-refractivity contribution in [3.05, 3.63) is 0 Å². The Morgan fingerprint density at radius 3 is 1.38 bits per heavy atom. The van der Waals surface area contributed by atoms with Crippen LogP contribution in [-0.2, 0) is 4.74 Å². The van der Waals surface area contributed by atoms with Gasteiger partial charge in [0.25, 0.3) is 0 Å². The van der Waals surface area contributed by atoms with Crippen LogP contribution in [0.15, 0.2) is 0 Å². The third-order valence-electron chi connectivity index (χ3n) is 2.21. The molecule has 0 spiro atoms. The summed E-state index contributed by atoms with van der Waals surface area (Å²) in [5.74, 6) is 0. The van der Waals surface area contributed by atoms with Crippen LogP contribution in [0, 0.1) is 0 Å². The summed E-state index contributed by atoms with van der Waals surface area (Å²) in [7, 11) is 0. The fraction of sp³-hybridized carbons (Fsp3) is 1.00. The molecule has 1 saturated heterocycles. The Morgan fingerprint density at radius 1 is 0.923 bits per heavy atom. The van der Waals surface area contributed by atoms with Crippen molar-refractivity contribution < 1.29 is 22.7 Å². The van der Waals surface area contributed by atoms with Crippen molar-refractivity contribution in [3.63, 3.8) is 0 Å². The highest BCUT2D eigenvalue weighted by Crippen LogP contribution is 2.42. The van der Waals surface area contributed by atoms with Crippen LogP contribution in [0.3, 0.4) is 0 Å². The molecule has 7 heteroatoms. The Kier molecular flexibility index (Phi) is 2.52. The average molecular weight is 202 g/mol. The van der Waals surface area contributed by atoms with Gasteiger partial charge in [-0.25, -0.2) is 0 Å². The normalized spacial score (nSPS) is 40.6. The molecular weight excluding hydrogens is 192 g/mol. The van der Waals surface area contributed by atoms with E-state index in [0.29, 0.717) is 0 Å². The number of ether oxygens (including phenoxy) is 1. The zero-order valence-corrected chi connectivity index (χ0v) is 7.23. The summed E-state index contributed by atoms with van der Waals surface area (Å²) in [5, 5.41) is -2.36. The summed E-state index contributed by atoms with van der Waals surface area (Å²) in [6.07, 6.45) is -0.276. The smallest absolute Gasteiger partial charge is 0.180 e. The van der Waals surface area contributed by atoms with Crippen LogP contribution >= 0.6 is 0 Å². The maximum atomic E-state index is 12.2. The van der Waals surface area contributed by atoms with E-state index in [0.717, 1.165) is 13.8 Å². The van der Waals surface area contributed by atoms with Crippen LogP contribution in [0.5, 0.6) is 0 Å². The number of hydrogen-bond acceptors (Lipinski definition) is 3. The molecule has 0 saturated carbocycles. The van der Waals surface area contributed by atoms with E-state index in [2.05, 4.69) is 4.74 Å². The van der Waals surface area contributed by atoms with Crippen molar-refractivity contribution in [1.29, 1.82) is 0 Å². The van der Waals surface area contributed by atoms with Crippen LogP contribution in [0.2, 0.25) is 0 Å². The molecule has 0 radical (unpaired) electrons. The third kappa shape index (κ3) is 1.77. The Bertz CT molecular complexity index is 183. The van der Waals surface area contributed by atoms with Gasteiger partial charge in [-0.3, -0.25) is 0 Å². The van der Waals surface area contributed by atoms with Gasteiger partial charge in [-0.05, 0) is 26.7 Å². The van der Waals surface area contributed by atoms with E-state index in [4.69, 9.17) is 0 Å². The van der Waals surface area contributed by atoms with Gasteiger partial charge in [-0.2, -0.15) is 0 Å². The van der Waals surface area contributed by atoms with Crippen LogP contribution in [0.25, 0.3) is 0 Å². The highest BCUT2D eigenvalue weighted by molar-refractivity contribution is 4.85. The van der Waals surface area contributed by atoms with E-state index in [9.17, 15) is 17.9 Å². The number of nitrogens with zero attached hydrogens (tertiary/aromatic N) is 2. The summed E-state index contributed by atoms with van der Waals surface area (Å²) in [6, 6.07) is 0. The summed E-state index contributed by atoms with van der Waals surface area (Å²) in [4.78, 5) is 0. The summed E-state index contributed by atoms with van der Waals surface area (Å²) in [6.45, 7) is 2.14. The van der Waals surface area contributed by atoms with E-state index < -0.39 is 22.1 Å². The van der Waals surface area contributed by atoms with E-state index in [1.165, 1.54) is 0 Å². The standard InChI is InChI=1S/C6H10F4N2O/c1-5(11(7)8)3-4-6(2,13-5)12(9)10/h3-4H2,1-2H3. The first-order chi connectivity index (χ1) is 5.80. The molecule has 0 aliphatic carbocycles. The van der Waals surface area contributed by atoms with Gasteiger partial charge in [-0.1, -0.05) is 17.9 Å². The maximum absolute atomic E-state index is 12.2. The van der Waals surface area contributed by atoms with Gasteiger partial charge in [0.1, 0.15) is 0 Å². The summed E-state index contributed by atoms with van der Waals surface area (Å²) >= 11 is 0. The fourth-order valence-corrected chi connectivity index (χ4v) is 1.28.